The van der Waals surface area contributed by atoms with Crippen LogP contribution in [0.3, 0.4) is 0 Å². The van der Waals surface area contributed by atoms with Gasteiger partial charge in [-0.25, -0.2) is 14.4 Å². The van der Waals surface area contributed by atoms with E-state index in [1.54, 1.807) is 12.1 Å². The van der Waals surface area contributed by atoms with Gasteiger partial charge in [0, 0.05) is 12.2 Å². The second kappa shape index (κ2) is 10.4. The third-order valence-electron chi connectivity index (χ3n) is 3.41. The van der Waals surface area contributed by atoms with Gasteiger partial charge in [-0.15, -0.1) is 0 Å². The minimum Gasteiger partial charge on any atom is -0.423 e. The van der Waals surface area contributed by atoms with Crippen LogP contribution in [0.4, 0.5) is 0 Å². The van der Waals surface area contributed by atoms with Crippen molar-refractivity contribution in [2.75, 3.05) is 6.61 Å². The van der Waals surface area contributed by atoms with Crippen LogP contribution in [0.5, 0.6) is 17.2 Å². The van der Waals surface area contributed by atoms with E-state index in [0.29, 0.717) is 11.3 Å². The number of hydrogen-bond donors (Lipinski definition) is 1. The predicted molar refractivity (Wildman–Crippen MR) is 105 cm³/mol. The van der Waals surface area contributed by atoms with Gasteiger partial charge in [-0.2, -0.15) is 0 Å². The van der Waals surface area contributed by atoms with E-state index in [4.69, 9.17) is 19.3 Å². The molecule has 0 radical (unpaired) electrons. The summed E-state index contributed by atoms with van der Waals surface area (Å²) in [7, 11) is 0. The monoisotopic (exact) mass is 394 g/mol. The first kappa shape index (κ1) is 21.3. The number of esters is 3. The molecule has 2 aromatic rings. The second-order valence-electron chi connectivity index (χ2n) is 5.57. The second-order valence-corrected chi connectivity index (χ2v) is 5.57. The summed E-state index contributed by atoms with van der Waals surface area (Å²) in [5.41, 5.74) is 0.623. The molecule has 0 aliphatic rings. The van der Waals surface area contributed by atoms with Gasteiger partial charge in [-0.05, 0) is 48.0 Å². The lowest BCUT2D eigenvalue weighted by Crippen LogP contribution is -2.12. The number of carbonyl (C=O) groups is 3. The Morgan fingerprint density at radius 2 is 1.31 bits per heavy atom. The Morgan fingerprint density at radius 1 is 0.828 bits per heavy atom. The average Bonchev–Trinajstić information content (AvgIpc) is 2.73. The van der Waals surface area contributed by atoms with Crippen molar-refractivity contribution in [2.45, 2.75) is 0 Å². The van der Waals surface area contributed by atoms with Crippen molar-refractivity contribution in [3.63, 3.8) is 0 Å². The first-order valence-electron chi connectivity index (χ1n) is 8.36. The third-order valence-corrected chi connectivity index (χ3v) is 3.41. The molecule has 0 aromatic heterocycles. The molecule has 0 aliphatic heterocycles. The van der Waals surface area contributed by atoms with Crippen molar-refractivity contribution in [1.82, 2.24) is 0 Å². The van der Waals surface area contributed by atoms with Crippen LogP contribution in [0, 0.1) is 0 Å². The molecule has 0 spiro atoms. The summed E-state index contributed by atoms with van der Waals surface area (Å²) < 4.78 is 15.1. The van der Waals surface area contributed by atoms with Crippen molar-refractivity contribution < 1.29 is 33.7 Å². The molecule has 0 aliphatic carbocycles. The predicted octanol–water partition coefficient (Wildman–Crippen LogP) is 2.85. The number of hydrogen-bond acceptors (Lipinski definition) is 7. The molecule has 7 heteroatoms. The molecule has 0 bridgehead atoms. The van der Waals surface area contributed by atoms with Crippen molar-refractivity contribution in [1.29, 1.82) is 0 Å². The summed E-state index contributed by atoms with van der Waals surface area (Å²) in [6.45, 7) is 6.20. The van der Waals surface area contributed by atoms with E-state index in [2.05, 4.69) is 13.2 Å². The Bertz CT molecular complexity index is 938. The molecule has 7 nitrogen and oxygen atoms in total. The molecule has 148 valence electrons. The molecule has 0 saturated carbocycles. The largest absolute Gasteiger partial charge is 0.423 e. The number of aliphatic hydroxyl groups is 1. The smallest absolute Gasteiger partial charge is 0.341 e. The molecule has 2 rings (SSSR count). The molecule has 0 atom stereocenters. The molecule has 29 heavy (non-hydrogen) atoms. The normalized spacial score (nSPS) is 10.2. The molecular formula is C22H18O7. The Morgan fingerprint density at radius 3 is 1.83 bits per heavy atom. The van der Waals surface area contributed by atoms with Gasteiger partial charge >= 0.3 is 17.9 Å². The van der Waals surface area contributed by atoms with Crippen LogP contribution < -0.4 is 14.2 Å². The highest BCUT2D eigenvalue weighted by Crippen LogP contribution is 2.18. The maximum atomic E-state index is 11.9. The van der Waals surface area contributed by atoms with Gasteiger partial charge in [0.05, 0.1) is 12.2 Å². The zero-order valence-electron chi connectivity index (χ0n) is 15.4. The fourth-order valence-corrected chi connectivity index (χ4v) is 1.94. The molecule has 2 aromatic carbocycles. The van der Waals surface area contributed by atoms with E-state index >= 15 is 0 Å². The molecule has 0 heterocycles. The summed E-state index contributed by atoms with van der Waals surface area (Å²) in [5, 5.41) is 8.84. The Hall–Kier alpha value is -3.97. The number of benzene rings is 2. The highest BCUT2D eigenvalue weighted by atomic mass is 16.5. The van der Waals surface area contributed by atoms with Crippen LogP contribution in [-0.4, -0.2) is 29.6 Å². The first-order valence-corrected chi connectivity index (χ1v) is 8.36. The number of rotatable bonds is 8. The SMILES string of the molecule is C=CC(=O)Oc1ccc(OC(=O)/C=C/c2ccc(OC(=O)C(=C)CO)cc2)cc1. The maximum Gasteiger partial charge on any atom is 0.341 e. The van der Waals surface area contributed by atoms with Gasteiger partial charge in [0.25, 0.3) is 0 Å². The molecular weight excluding hydrogens is 376 g/mol. The van der Waals surface area contributed by atoms with Crippen LogP contribution in [-0.2, 0) is 14.4 Å². The van der Waals surface area contributed by atoms with Crippen LogP contribution >= 0.6 is 0 Å². The van der Waals surface area contributed by atoms with Gasteiger partial charge in [0.1, 0.15) is 17.2 Å². The Balaban J connectivity index is 1.90. The Labute approximate surface area is 167 Å². The summed E-state index contributed by atoms with van der Waals surface area (Å²) in [6.07, 6.45) is 3.81. The molecule has 0 saturated heterocycles. The van der Waals surface area contributed by atoms with E-state index in [0.717, 1.165) is 6.08 Å². The zero-order chi connectivity index (χ0) is 21.2. The van der Waals surface area contributed by atoms with E-state index in [9.17, 15) is 14.4 Å². The van der Waals surface area contributed by atoms with E-state index in [1.807, 2.05) is 0 Å². The maximum absolute atomic E-state index is 11.9. The number of ether oxygens (including phenoxy) is 3. The molecule has 0 amide bonds. The standard InChI is InChI=1S/C22H18O7/c1-3-20(24)27-17-9-11-18(12-10-17)28-21(25)13-6-16-4-7-19(8-5-16)29-22(26)15(2)14-23/h3-13,23H,1-2,14H2/b13-6+. The number of aliphatic hydroxyl groups excluding tert-OH is 1. The van der Waals surface area contributed by atoms with Gasteiger partial charge < -0.3 is 19.3 Å². The van der Waals surface area contributed by atoms with Crippen molar-refractivity contribution in [3.8, 4) is 17.2 Å². The third kappa shape index (κ3) is 6.93. The fourth-order valence-electron chi connectivity index (χ4n) is 1.94. The fraction of sp³-hybridized carbons (Fsp3) is 0.0455. The van der Waals surface area contributed by atoms with E-state index < -0.39 is 24.5 Å². The molecule has 1 N–H and O–H groups in total. The zero-order valence-corrected chi connectivity index (χ0v) is 15.4. The van der Waals surface area contributed by atoms with Crippen LogP contribution in [0.2, 0.25) is 0 Å². The Kier molecular flexibility index (Phi) is 7.64. The van der Waals surface area contributed by atoms with Crippen molar-refractivity contribution in [2.24, 2.45) is 0 Å². The van der Waals surface area contributed by atoms with E-state index in [1.165, 1.54) is 48.6 Å². The van der Waals surface area contributed by atoms with E-state index in [-0.39, 0.29) is 17.1 Å². The summed E-state index contributed by atoms with van der Waals surface area (Å²) >= 11 is 0. The van der Waals surface area contributed by atoms with Gasteiger partial charge in [0.2, 0.25) is 0 Å². The van der Waals surface area contributed by atoms with Crippen molar-refractivity contribution >= 4 is 24.0 Å². The van der Waals surface area contributed by atoms with Crippen molar-refractivity contribution in [3.05, 3.63) is 85.0 Å². The number of carbonyl (C=O) groups excluding carboxylic acids is 3. The lowest BCUT2D eigenvalue weighted by molar-refractivity contribution is -0.131. The minimum absolute atomic E-state index is 0.0522. The summed E-state index contributed by atoms with van der Waals surface area (Å²) in [5.74, 6) is -1.04. The van der Waals surface area contributed by atoms with Gasteiger partial charge in [-0.1, -0.05) is 25.3 Å². The lowest BCUT2D eigenvalue weighted by Gasteiger charge is -2.05. The summed E-state index contributed by atoms with van der Waals surface area (Å²) in [4.78, 5) is 34.5. The first-order chi connectivity index (χ1) is 13.9. The summed E-state index contributed by atoms with van der Waals surface area (Å²) in [6, 6.07) is 12.3. The van der Waals surface area contributed by atoms with Gasteiger partial charge in [0.15, 0.2) is 0 Å². The molecule has 0 fully saturated rings. The highest BCUT2D eigenvalue weighted by molar-refractivity contribution is 5.90. The minimum atomic E-state index is -0.718. The van der Waals surface area contributed by atoms with Crippen LogP contribution in [0.1, 0.15) is 5.56 Å². The van der Waals surface area contributed by atoms with Crippen LogP contribution in [0.25, 0.3) is 6.08 Å². The van der Waals surface area contributed by atoms with Gasteiger partial charge in [-0.3, -0.25) is 0 Å². The average molecular weight is 394 g/mol. The molecule has 0 unspecified atom stereocenters. The lowest BCUT2D eigenvalue weighted by atomic mass is 10.2. The quantitative estimate of drug-likeness (QED) is 0.417. The van der Waals surface area contributed by atoms with Crippen LogP contribution in [0.15, 0.2) is 79.4 Å². The topological polar surface area (TPSA) is 99.1 Å². The highest BCUT2D eigenvalue weighted by Gasteiger charge is 2.08.